The standard InChI is InChI=1S/C31H33ClN4O2/c1-34(23-25-9-12-30-26(20-25)5-3-13-33-30)22-24-7-10-29(11-8-24)38-19-18-35-14-16-36(17-15-35)31(37)27-4-2-6-28(32)21-27/h2-13,20-21H,14-19,22-23H2,1H3. The van der Waals surface area contributed by atoms with Crippen LogP contribution in [0.2, 0.25) is 5.02 Å². The fourth-order valence-corrected chi connectivity index (χ4v) is 5.06. The van der Waals surface area contributed by atoms with E-state index < -0.39 is 0 Å². The summed E-state index contributed by atoms with van der Waals surface area (Å²) in [6.07, 6.45) is 1.83. The van der Waals surface area contributed by atoms with Crippen molar-refractivity contribution in [2.75, 3.05) is 46.4 Å². The fraction of sp³-hybridized carbons (Fsp3) is 0.290. The van der Waals surface area contributed by atoms with Crippen molar-refractivity contribution in [3.63, 3.8) is 0 Å². The monoisotopic (exact) mass is 528 g/mol. The zero-order valence-electron chi connectivity index (χ0n) is 21.7. The lowest BCUT2D eigenvalue weighted by Crippen LogP contribution is -2.49. The van der Waals surface area contributed by atoms with Crippen LogP contribution < -0.4 is 4.74 Å². The first-order chi connectivity index (χ1) is 18.5. The summed E-state index contributed by atoms with van der Waals surface area (Å²) in [6.45, 7) is 6.31. The summed E-state index contributed by atoms with van der Waals surface area (Å²) in [7, 11) is 2.14. The van der Waals surface area contributed by atoms with Gasteiger partial charge in [0.25, 0.3) is 5.91 Å². The second kappa shape index (κ2) is 12.4. The van der Waals surface area contributed by atoms with Gasteiger partial charge >= 0.3 is 0 Å². The number of aromatic nitrogens is 1. The quantitative estimate of drug-likeness (QED) is 0.293. The number of halogens is 1. The van der Waals surface area contributed by atoms with Gasteiger partial charge in [0.2, 0.25) is 0 Å². The molecule has 0 aliphatic carbocycles. The van der Waals surface area contributed by atoms with Crippen LogP contribution in [0.15, 0.2) is 85.1 Å². The van der Waals surface area contributed by atoms with Crippen LogP contribution in [0.1, 0.15) is 21.5 Å². The molecule has 4 aromatic rings. The molecular weight excluding hydrogens is 496 g/mol. The highest BCUT2D eigenvalue weighted by Gasteiger charge is 2.22. The maximum atomic E-state index is 12.7. The molecule has 196 valence electrons. The van der Waals surface area contributed by atoms with Gasteiger partial charge in [0.15, 0.2) is 0 Å². The molecule has 1 saturated heterocycles. The Balaban J connectivity index is 1.03. The Bertz CT molecular complexity index is 1370. The van der Waals surface area contributed by atoms with E-state index in [9.17, 15) is 4.79 Å². The predicted octanol–water partition coefficient (Wildman–Crippen LogP) is 5.36. The second-order valence-corrected chi connectivity index (χ2v) is 10.3. The molecule has 2 heterocycles. The third-order valence-corrected chi connectivity index (χ3v) is 7.14. The average Bonchev–Trinajstić information content (AvgIpc) is 2.94. The molecule has 0 spiro atoms. The fourth-order valence-electron chi connectivity index (χ4n) is 4.87. The molecular formula is C31H33ClN4O2. The lowest BCUT2D eigenvalue weighted by molar-refractivity contribution is 0.0620. The Kier molecular flexibility index (Phi) is 8.54. The molecule has 0 bridgehead atoms. The van der Waals surface area contributed by atoms with Crippen LogP contribution in [-0.4, -0.2) is 72.0 Å². The van der Waals surface area contributed by atoms with E-state index in [4.69, 9.17) is 16.3 Å². The summed E-state index contributed by atoms with van der Waals surface area (Å²) in [5, 5.41) is 1.76. The maximum Gasteiger partial charge on any atom is 0.253 e. The number of pyridine rings is 1. The Labute approximate surface area is 229 Å². The first-order valence-corrected chi connectivity index (χ1v) is 13.4. The van der Waals surface area contributed by atoms with Crippen LogP contribution >= 0.6 is 11.6 Å². The average molecular weight is 529 g/mol. The molecule has 1 aliphatic heterocycles. The van der Waals surface area contributed by atoms with Crippen LogP contribution in [0.4, 0.5) is 0 Å². The normalized spacial score (nSPS) is 14.2. The summed E-state index contributed by atoms with van der Waals surface area (Å²) in [5.74, 6) is 0.928. The van der Waals surface area contributed by atoms with Crippen molar-refractivity contribution in [1.29, 1.82) is 0 Å². The van der Waals surface area contributed by atoms with E-state index >= 15 is 0 Å². The van der Waals surface area contributed by atoms with Crippen LogP contribution in [0.25, 0.3) is 10.9 Å². The molecule has 0 N–H and O–H groups in total. The third-order valence-electron chi connectivity index (χ3n) is 6.90. The molecule has 1 amide bonds. The van der Waals surface area contributed by atoms with E-state index in [-0.39, 0.29) is 5.91 Å². The van der Waals surface area contributed by atoms with Crippen molar-refractivity contribution in [3.8, 4) is 5.75 Å². The SMILES string of the molecule is CN(Cc1ccc(OCCN2CCN(C(=O)c3cccc(Cl)c3)CC2)cc1)Cc1ccc2ncccc2c1. The van der Waals surface area contributed by atoms with Crippen molar-refractivity contribution >= 4 is 28.4 Å². The van der Waals surface area contributed by atoms with E-state index in [1.54, 1.807) is 12.1 Å². The number of benzene rings is 3. The van der Waals surface area contributed by atoms with Gasteiger partial charge in [0.1, 0.15) is 12.4 Å². The zero-order valence-corrected chi connectivity index (χ0v) is 22.5. The minimum atomic E-state index is 0.0451. The Morgan fingerprint density at radius 3 is 2.47 bits per heavy atom. The maximum absolute atomic E-state index is 12.7. The number of amides is 1. The number of rotatable bonds is 9. The number of hydrogen-bond acceptors (Lipinski definition) is 5. The van der Waals surface area contributed by atoms with Gasteiger partial charge in [-0.25, -0.2) is 0 Å². The number of piperazine rings is 1. The van der Waals surface area contributed by atoms with Gasteiger partial charge in [0, 0.05) is 68.0 Å². The molecule has 3 aromatic carbocycles. The molecule has 5 rings (SSSR count). The second-order valence-electron chi connectivity index (χ2n) is 9.84. The number of ether oxygens (including phenoxy) is 1. The molecule has 0 unspecified atom stereocenters. The number of fused-ring (bicyclic) bond motifs is 1. The van der Waals surface area contributed by atoms with E-state index in [1.165, 1.54) is 16.5 Å². The Morgan fingerprint density at radius 2 is 1.68 bits per heavy atom. The van der Waals surface area contributed by atoms with E-state index in [1.807, 2.05) is 41.4 Å². The van der Waals surface area contributed by atoms with Crippen molar-refractivity contribution in [3.05, 3.63) is 107 Å². The predicted molar refractivity (Wildman–Crippen MR) is 153 cm³/mol. The summed E-state index contributed by atoms with van der Waals surface area (Å²) in [4.78, 5) is 23.7. The first-order valence-electron chi connectivity index (χ1n) is 13.0. The Morgan fingerprint density at radius 1 is 0.921 bits per heavy atom. The topological polar surface area (TPSA) is 48.9 Å². The number of carbonyl (C=O) groups excluding carboxylic acids is 1. The zero-order chi connectivity index (χ0) is 26.3. The highest BCUT2D eigenvalue weighted by Crippen LogP contribution is 2.18. The van der Waals surface area contributed by atoms with Gasteiger partial charge in [0.05, 0.1) is 5.52 Å². The third kappa shape index (κ3) is 6.90. The van der Waals surface area contributed by atoms with Gasteiger partial charge in [-0.3, -0.25) is 19.6 Å². The molecule has 38 heavy (non-hydrogen) atoms. The molecule has 1 aliphatic rings. The number of nitrogens with zero attached hydrogens (tertiary/aromatic N) is 4. The van der Waals surface area contributed by atoms with Gasteiger partial charge < -0.3 is 9.64 Å². The number of hydrogen-bond donors (Lipinski definition) is 0. The van der Waals surface area contributed by atoms with Gasteiger partial charge in [-0.2, -0.15) is 0 Å². The number of carbonyl (C=O) groups is 1. The minimum Gasteiger partial charge on any atom is -0.492 e. The van der Waals surface area contributed by atoms with Crippen LogP contribution in [-0.2, 0) is 13.1 Å². The first kappa shape index (κ1) is 26.2. The van der Waals surface area contributed by atoms with Crippen molar-refractivity contribution in [1.82, 2.24) is 19.7 Å². The van der Waals surface area contributed by atoms with Crippen molar-refractivity contribution < 1.29 is 9.53 Å². The van der Waals surface area contributed by atoms with Gasteiger partial charge in [-0.05, 0) is 66.7 Å². The molecule has 0 atom stereocenters. The Hall–Kier alpha value is -3.45. The van der Waals surface area contributed by atoms with Gasteiger partial charge in [-0.15, -0.1) is 0 Å². The largest absolute Gasteiger partial charge is 0.492 e. The minimum absolute atomic E-state index is 0.0451. The van der Waals surface area contributed by atoms with E-state index in [0.717, 1.165) is 44.0 Å². The van der Waals surface area contributed by atoms with Crippen LogP contribution in [0.5, 0.6) is 5.75 Å². The molecule has 0 radical (unpaired) electrons. The summed E-state index contributed by atoms with van der Waals surface area (Å²) < 4.78 is 6.01. The molecule has 1 aromatic heterocycles. The smallest absolute Gasteiger partial charge is 0.253 e. The van der Waals surface area contributed by atoms with Crippen molar-refractivity contribution in [2.24, 2.45) is 0 Å². The molecule has 6 nitrogen and oxygen atoms in total. The van der Waals surface area contributed by atoms with Gasteiger partial charge in [-0.1, -0.05) is 41.9 Å². The highest BCUT2D eigenvalue weighted by atomic mass is 35.5. The molecule has 0 saturated carbocycles. The van der Waals surface area contributed by atoms with Crippen LogP contribution in [0.3, 0.4) is 0 Å². The lowest BCUT2D eigenvalue weighted by atomic mass is 10.1. The molecule has 1 fully saturated rings. The van der Waals surface area contributed by atoms with E-state index in [0.29, 0.717) is 30.3 Å². The van der Waals surface area contributed by atoms with Crippen molar-refractivity contribution in [2.45, 2.75) is 13.1 Å². The summed E-state index contributed by atoms with van der Waals surface area (Å²) in [5.41, 5.74) is 4.21. The highest BCUT2D eigenvalue weighted by molar-refractivity contribution is 6.30. The van der Waals surface area contributed by atoms with Crippen LogP contribution in [0, 0.1) is 0 Å². The summed E-state index contributed by atoms with van der Waals surface area (Å²) in [6, 6.07) is 26.1. The lowest BCUT2D eigenvalue weighted by Gasteiger charge is -2.34. The molecule has 7 heteroatoms. The summed E-state index contributed by atoms with van der Waals surface area (Å²) >= 11 is 6.04. The van der Waals surface area contributed by atoms with E-state index in [2.05, 4.69) is 58.2 Å².